The summed E-state index contributed by atoms with van der Waals surface area (Å²) in [7, 11) is 0. The van der Waals surface area contributed by atoms with Crippen molar-refractivity contribution < 1.29 is 49.3 Å². The van der Waals surface area contributed by atoms with Crippen molar-refractivity contribution in [1.82, 2.24) is 5.32 Å². The Labute approximate surface area is 451 Å². The summed E-state index contributed by atoms with van der Waals surface area (Å²) >= 11 is 0. The van der Waals surface area contributed by atoms with E-state index in [1.54, 1.807) is 6.08 Å². The van der Waals surface area contributed by atoms with Crippen molar-refractivity contribution >= 4 is 11.9 Å². The molecule has 6 N–H and O–H groups in total. The molecule has 1 rings (SSSR count). The van der Waals surface area contributed by atoms with Gasteiger partial charge in [-0.1, -0.05) is 248 Å². The largest absolute Gasteiger partial charge is 0.454 e. The second-order valence-corrected chi connectivity index (χ2v) is 20.7. The first kappa shape index (κ1) is 69.1. The van der Waals surface area contributed by atoms with Crippen molar-refractivity contribution in [3.05, 3.63) is 72.9 Å². The number of esters is 1. The predicted molar refractivity (Wildman–Crippen MR) is 306 cm³/mol. The number of ether oxygens (including phenoxy) is 3. The molecule has 0 spiro atoms. The predicted octanol–water partition coefficient (Wildman–Crippen LogP) is 14.0. The van der Waals surface area contributed by atoms with Gasteiger partial charge in [0.15, 0.2) is 12.4 Å². The number of carbonyl (C=O) groups is 2. The van der Waals surface area contributed by atoms with Crippen LogP contribution in [0.15, 0.2) is 72.9 Å². The molecule has 0 bridgehead atoms. The van der Waals surface area contributed by atoms with Crippen LogP contribution in [-0.4, -0.2) is 99.6 Å². The number of unbranched alkanes of at least 4 members (excludes halogenated alkanes) is 26. The number of hydrogen-bond acceptors (Lipinski definition) is 10. The van der Waals surface area contributed by atoms with Crippen molar-refractivity contribution in [2.45, 2.75) is 301 Å². The van der Waals surface area contributed by atoms with Crippen LogP contribution in [0.5, 0.6) is 0 Å². The number of aliphatic hydroxyl groups excluding tert-OH is 5. The molecule has 11 nitrogen and oxygen atoms in total. The van der Waals surface area contributed by atoms with Crippen LogP contribution in [0.2, 0.25) is 0 Å². The van der Waals surface area contributed by atoms with Gasteiger partial charge in [0.1, 0.15) is 24.4 Å². The van der Waals surface area contributed by atoms with E-state index in [0.717, 1.165) is 83.5 Å². The Kier molecular flexibility index (Phi) is 47.5. The first-order chi connectivity index (χ1) is 36.2. The summed E-state index contributed by atoms with van der Waals surface area (Å²) in [6, 6.07) is -1.04. The van der Waals surface area contributed by atoms with Crippen LogP contribution in [-0.2, 0) is 23.8 Å². The molecule has 0 aromatic carbocycles. The van der Waals surface area contributed by atoms with Crippen LogP contribution < -0.4 is 5.32 Å². The lowest BCUT2D eigenvalue weighted by Gasteiger charge is -2.41. The van der Waals surface area contributed by atoms with E-state index >= 15 is 0 Å². The highest BCUT2D eigenvalue weighted by Crippen LogP contribution is 2.26. The van der Waals surface area contributed by atoms with Gasteiger partial charge < -0.3 is 45.1 Å². The molecule has 1 aliphatic rings. The van der Waals surface area contributed by atoms with Gasteiger partial charge in [-0.3, -0.25) is 9.59 Å². The Morgan fingerprint density at radius 2 is 0.973 bits per heavy atom. The van der Waals surface area contributed by atoms with Gasteiger partial charge in [0.25, 0.3) is 0 Å². The van der Waals surface area contributed by atoms with Gasteiger partial charge in [-0.05, 0) is 70.6 Å². The van der Waals surface area contributed by atoms with Crippen LogP contribution in [0.1, 0.15) is 252 Å². The zero-order valence-electron chi connectivity index (χ0n) is 47.2. The lowest BCUT2D eigenvalue weighted by molar-refractivity contribution is -0.305. The molecule has 0 aromatic heterocycles. The third-order valence-electron chi connectivity index (χ3n) is 13.9. The molecule has 8 atom stereocenters. The molecule has 0 radical (unpaired) electrons. The summed E-state index contributed by atoms with van der Waals surface area (Å²) in [5.41, 5.74) is 0. The van der Waals surface area contributed by atoms with Crippen LogP contribution in [0, 0.1) is 0 Å². The van der Waals surface area contributed by atoms with Gasteiger partial charge in [0, 0.05) is 6.42 Å². The summed E-state index contributed by atoms with van der Waals surface area (Å²) < 4.78 is 17.6. The minimum absolute atomic E-state index is 0.120. The summed E-state index contributed by atoms with van der Waals surface area (Å²) in [4.78, 5) is 26.5. The molecule has 1 aliphatic heterocycles. The first-order valence-electron chi connectivity index (χ1n) is 30.2. The average Bonchev–Trinajstić information content (AvgIpc) is 3.40. The Morgan fingerprint density at radius 3 is 1.46 bits per heavy atom. The van der Waals surface area contributed by atoms with Gasteiger partial charge in [-0.2, -0.15) is 0 Å². The fourth-order valence-electron chi connectivity index (χ4n) is 9.09. The fraction of sp³-hybridized carbons (Fsp3) is 0.778. The molecule has 0 aromatic rings. The lowest BCUT2D eigenvalue weighted by Crippen LogP contribution is -2.61. The van der Waals surface area contributed by atoms with Crippen LogP contribution in [0.3, 0.4) is 0 Å². The topological polar surface area (TPSA) is 175 Å². The highest BCUT2D eigenvalue weighted by molar-refractivity contribution is 5.80. The van der Waals surface area contributed by atoms with Crippen LogP contribution in [0.25, 0.3) is 0 Å². The molecule has 0 aliphatic carbocycles. The second-order valence-electron chi connectivity index (χ2n) is 20.7. The second kappa shape index (κ2) is 50.9. The van der Waals surface area contributed by atoms with Crippen molar-refractivity contribution in [2.75, 3.05) is 13.2 Å². The van der Waals surface area contributed by atoms with E-state index in [4.69, 9.17) is 14.2 Å². The number of aliphatic hydroxyl groups is 5. The zero-order valence-corrected chi connectivity index (χ0v) is 47.2. The van der Waals surface area contributed by atoms with Gasteiger partial charge in [0.05, 0.1) is 25.4 Å². The number of amides is 1. The maximum Gasteiger partial charge on any atom is 0.306 e. The first-order valence-corrected chi connectivity index (χ1v) is 30.2. The van der Waals surface area contributed by atoms with E-state index in [2.05, 4.69) is 86.8 Å². The van der Waals surface area contributed by atoms with Gasteiger partial charge in [-0.25, -0.2) is 0 Å². The molecule has 428 valence electrons. The molecule has 0 saturated carbocycles. The summed E-state index contributed by atoms with van der Waals surface area (Å²) in [6.07, 6.45) is 53.7. The molecular weight excluding hydrogens is 931 g/mol. The maximum atomic E-state index is 13.4. The Hall–Kier alpha value is -2.90. The Balaban J connectivity index is 2.75. The molecule has 1 amide bonds. The summed E-state index contributed by atoms with van der Waals surface area (Å²) in [5.74, 6) is -1.23. The molecule has 74 heavy (non-hydrogen) atoms. The van der Waals surface area contributed by atoms with E-state index in [1.807, 2.05) is 6.08 Å². The smallest absolute Gasteiger partial charge is 0.306 e. The van der Waals surface area contributed by atoms with E-state index < -0.39 is 67.4 Å². The van der Waals surface area contributed by atoms with Crippen molar-refractivity contribution in [2.24, 2.45) is 0 Å². The third-order valence-corrected chi connectivity index (χ3v) is 13.9. The summed E-state index contributed by atoms with van der Waals surface area (Å²) in [5, 5.41) is 56.9. The molecule has 8 unspecified atom stereocenters. The van der Waals surface area contributed by atoms with E-state index in [9.17, 15) is 35.1 Å². The average molecular weight is 1040 g/mol. The molecule has 1 saturated heterocycles. The molecule has 1 fully saturated rings. The zero-order chi connectivity index (χ0) is 54.0. The number of carbonyl (C=O) groups excluding carboxylic acids is 2. The third kappa shape index (κ3) is 38.6. The summed E-state index contributed by atoms with van der Waals surface area (Å²) in [6.45, 7) is 5.65. The molecule has 11 heteroatoms. The minimum atomic E-state index is -1.62. The minimum Gasteiger partial charge on any atom is -0.454 e. The quantitative estimate of drug-likeness (QED) is 0.0195. The molecule has 1 heterocycles. The number of nitrogens with one attached hydrogen (secondary N) is 1. The number of hydrogen-bond donors (Lipinski definition) is 6. The number of rotatable bonds is 50. The molecular formula is C63H111NO10. The fourth-order valence-corrected chi connectivity index (χ4v) is 9.09. The van der Waals surface area contributed by atoms with Crippen molar-refractivity contribution in [3.8, 4) is 0 Å². The van der Waals surface area contributed by atoms with Crippen LogP contribution in [0.4, 0.5) is 0 Å². The Morgan fingerprint density at radius 1 is 0.541 bits per heavy atom. The highest BCUT2D eigenvalue weighted by atomic mass is 16.7. The highest BCUT2D eigenvalue weighted by Gasteiger charge is 2.47. The standard InChI is InChI=1S/C63H111NO10/c1-4-7-10-13-16-19-22-25-27-28-29-30-32-35-38-41-44-47-50-56(67)62(71)64-54(55(66)49-46-43-40-37-34-31-24-21-18-15-12-9-6-3)53-72-63-61(60(70)59(69)57(52-65)73-63)74-58(68)51-48-45-42-39-36-33-26-23-20-17-14-11-8-5-2/h7,10,16,19,25,27,29-30,35,38,46,49,54-57,59-61,63,65-67,69-70H,4-6,8-9,11-15,17-18,20-24,26,28,31-34,36-37,39-45,47-48,50-53H2,1-3H3,(H,64,71)/b10-7-,19-16-,27-25-,30-29-,38-35-,49-46+. The SMILES string of the molecule is CC/C=C\C/C=C\C/C=C\C/C=C\C/C=C\CCCCC(O)C(=O)NC(COC1OC(CO)C(O)C(O)C1OC(=O)CCCCCCCCCCCCCCCC)C(O)/C=C/CCCCCCCCCCCCC. The maximum absolute atomic E-state index is 13.4. The number of allylic oxidation sites excluding steroid dienone is 11. The Bertz CT molecular complexity index is 1480. The van der Waals surface area contributed by atoms with E-state index in [0.29, 0.717) is 12.8 Å². The van der Waals surface area contributed by atoms with Gasteiger partial charge >= 0.3 is 5.97 Å². The van der Waals surface area contributed by atoms with E-state index in [1.165, 1.54) is 122 Å². The van der Waals surface area contributed by atoms with Crippen molar-refractivity contribution in [3.63, 3.8) is 0 Å². The monoisotopic (exact) mass is 1040 g/mol. The lowest BCUT2D eigenvalue weighted by atomic mass is 9.99. The van der Waals surface area contributed by atoms with Crippen molar-refractivity contribution in [1.29, 1.82) is 0 Å². The van der Waals surface area contributed by atoms with Gasteiger partial charge in [-0.15, -0.1) is 0 Å². The normalized spacial score (nSPS) is 19.8. The van der Waals surface area contributed by atoms with E-state index in [-0.39, 0.29) is 19.4 Å². The van der Waals surface area contributed by atoms with Gasteiger partial charge in [0.2, 0.25) is 5.91 Å². The van der Waals surface area contributed by atoms with Crippen LogP contribution >= 0.6 is 0 Å².